The van der Waals surface area contributed by atoms with Crippen LogP contribution in [0.4, 0.5) is 0 Å². The fraction of sp³-hybridized carbons (Fsp3) is 0.467. The monoisotopic (exact) mass is 326 g/mol. The molecule has 0 spiro atoms. The Morgan fingerprint density at radius 2 is 2.05 bits per heavy atom. The van der Waals surface area contributed by atoms with Crippen LogP contribution in [-0.4, -0.2) is 18.7 Å². The highest BCUT2D eigenvalue weighted by Gasteiger charge is 2.12. The Hall–Kier alpha value is -1.57. The summed E-state index contributed by atoms with van der Waals surface area (Å²) >= 11 is 1.23. The first-order valence-electron chi connectivity index (χ1n) is 7.13. The molecule has 0 fully saturated rings. The lowest BCUT2D eigenvalue weighted by atomic mass is 10.1. The van der Waals surface area contributed by atoms with Gasteiger partial charge in [0.05, 0.1) is 25.4 Å². The van der Waals surface area contributed by atoms with Crippen molar-refractivity contribution in [3.63, 3.8) is 0 Å². The molecule has 7 heteroatoms. The fourth-order valence-electron chi connectivity index (χ4n) is 2.00. The number of rotatable bonds is 8. The fourth-order valence-corrected chi connectivity index (χ4v) is 2.69. The molecule has 0 saturated heterocycles. The first-order chi connectivity index (χ1) is 10.4. The first kappa shape index (κ1) is 18.5. The van der Waals surface area contributed by atoms with Crippen LogP contribution >= 0.6 is 12.0 Å². The van der Waals surface area contributed by atoms with Gasteiger partial charge >= 0.3 is 0 Å². The number of hydrogen-bond donors (Lipinski definition) is 3. The Balaban J connectivity index is 2.68. The highest BCUT2D eigenvalue weighted by molar-refractivity contribution is 7.94. The molecule has 124 valence electrons. The predicted molar refractivity (Wildman–Crippen MR) is 90.7 cm³/mol. The molecule has 0 radical (unpaired) electrons. The zero-order valence-electron chi connectivity index (χ0n) is 13.9. The van der Waals surface area contributed by atoms with Gasteiger partial charge in [-0.3, -0.25) is 0 Å². The van der Waals surface area contributed by atoms with Crippen LogP contribution < -0.4 is 21.8 Å². The topological polar surface area (TPSA) is 85.8 Å². The van der Waals surface area contributed by atoms with Crippen LogP contribution in [0, 0.1) is 20.8 Å². The molecular formula is C15H26N4O2S. The van der Waals surface area contributed by atoms with Crippen molar-refractivity contribution in [1.29, 1.82) is 0 Å². The van der Waals surface area contributed by atoms with Crippen LogP contribution in [0.2, 0.25) is 0 Å². The zero-order valence-corrected chi connectivity index (χ0v) is 14.7. The number of nitrogens with one attached hydrogen (secondary N) is 1. The van der Waals surface area contributed by atoms with Gasteiger partial charge in [-0.2, -0.15) is 4.28 Å². The van der Waals surface area contributed by atoms with E-state index in [4.69, 9.17) is 20.6 Å². The molecule has 0 aromatic heterocycles. The van der Waals surface area contributed by atoms with Crippen molar-refractivity contribution < 1.29 is 9.02 Å². The SMILES string of the molecule is CCCN(N)/C=C(\N)NOSc1c(C)cc(OC)c(C)c1C. The normalized spacial score (nSPS) is 11.5. The number of ether oxygens (including phenoxy) is 1. The van der Waals surface area contributed by atoms with Gasteiger partial charge in [-0.05, 0) is 49.9 Å². The third-order valence-electron chi connectivity index (χ3n) is 3.27. The highest BCUT2D eigenvalue weighted by Crippen LogP contribution is 2.34. The average molecular weight is 326 g/mol. The van der Waals surface area contributed by atoms with Crippen molar-refractivity contribution in [3.8, 4) is 5.75 Å². The van der Waals surface area contributed by atoms with E-state index in [-0.39, 0.29) is 0 Å². The molecule has 0 bridgehead atoms. The average Bonchev–Trinajstić information content (AvgIpc) is 2.46. The van der Waals surface area contributed by atoms with Crippen LogP contribution in [0.15, 0.2) is 23.0 Å². The summed E-state index contributed by atoms with van der Waals surface area (Å²) in [6.45, 7) is 8.85. The van der Waals surface area contributed by atoms with Crippen LogP contribution in [0.5, 0.6) is 5.75 Å². The Morgan fingerprint density at radius 3 is 2.64 bits per heavy atom. The number of hydrogen-bond acceptors (Lipinski definition) is 7. The van der Waals surface area contributed by atoms with Gasteiger partial charge in [0.15, 0.2) is 0 Å². The van der Waals surface area contributed by atoms with Gasteiger partial charge < -0.3 is 15.5 Å². The molecule has 0 aliphatic rings. The van der Waals surface area contributed by atoms with Gasteiger partial charge in [0, 0.05) is 11.4 Å². The summed E-state index contributed by atoms with van der Waals surface area (Å²) in [5.41, 5.74) is 11.8. The predicted octanol–water partition coefficient (Wildman–Crippen LogP) is 2.49. The van der Waals surface area contributed by atoms with E-state index >= 15 is 0 Å². The molecule has 6 nitrogen and oxygen atoms in total. The van der Waals surface area contributed by atoms with E-state index in [1.807, 2.05) is 33.8 Å². The molecule has 0 heterocycles. The molecule has 1 aromatic rings. The summed E-state index contributed by atoms with van der Waals surface area (Å²) < 4.78 is 10.8. The molecule has 5 N–H and O–H groups in total. The van der Waals surface area contributed by atoms with Crippen LogP contribution in [0.3, 0.4) is 0 Å². The second-order valence-corrected chi connectivity index (χ2v) is 5.81. The number of nitrogens with zero attached hydrogens (tertiary/aromatic N) is 1. The quantitative estimate of drug-likeness (QED) is 0.384. The second-order valence-electron chi connectivity index (χ2n) is 5.07. The first-order valence-corrected chi connectivity index (χ1v) is 7.87. The van der Waals surface area contributed by atoms with Crippen molar-refractivity contribution in [2.75, 3.05) is 13.7 Å². The van der Waals surface area contributed by atoms with E-state index in [1.165, 1.54) is 17.1 Å². The number of benzene rings is 1. The molecule has 0 unspecified atom stereocenters. The minimum absolute atomic E-state index is 0.351. The molecule has 0 amide bonds. The summed E-state index contributed by atoms with van der Waals surface area (Å²) in [5.74, 6) is 6.96. The smallest absolute Gasteiger partial charge is 0.139 e. The Kier molecular flexibility index (Phi) is 7.37. The third kappa shape index (κ3) is 5.01. The van der Waals surface area contributed by atoms with Crippen LogP contribution in [0.25, 0.3) is 0 Å². The van der Waals surface area contributed by atoms with Gasteiger partial charge in [-0.15, -0.1) is 0 Å². The maximum Gasteiger partial charge on any atom is 0.139 e. The highest BCUT2D eigenvalue weighted by atomic mass is 32.2. The molecule has 0 saturated carbocycles. The van der Waals surface area contributed by atoms with Crippen molar-refractivity contribution in [3.05, 3.63) is 34.8 Å². The molecule has 0 atom stereocenters. The van der Waals surface area contributed by atoms with E-state index in [9.17, 15) is 0 Å². The Bertz CT molecular complexity index is 535. The lowest BCUT2D eigenvalue weighted by Crippen LogP contribution is -2.30. The van der Waals surface area contributed by atoms with Crippen LogP contribution in [-0.2, 0) is 4.28 Å². The van der Waals surface area contributed by atoms with E-state index in [0.717, 1.165) is 40.3 Å². The molecule has 1 aromatic carbocycles. The summed E-state index contributed by atoms with van der Waals surface area (Å²) in [6.07, 6.45) is 2.54. The van der Waals surface area contributed by atoms with Crippen molar-refractivity contribution in [2.45, 2.75) is 39.0 Å². The van der Waals surface area contributed by atoms with E-state index in [2.05, 4.69) is 5.48 Å². The third-order valence-corrected chi connectivity index (χ3v) is 4.23. The Morgan fingerprint density at radius 1 is 1.36 bits per heavy atom. The maximum absolute atomic E-state index is 5.79. The van der Waals surface area contributed by atoms with Gasteiger partial charge in [-0.25, -0.2) is 11.3 Å². The molecule has 0 aliphatic carbocycles. The summed E-state index contributed by atoms with van der Waals surface area (Å²) in [5, 5.41) is 1.52. The Labute approximate surface area is 136 Å². The van der Waals surface area contributed by atoms with Crippen molar-refractivity contribution in [2.24, 2.45) is 11.6 Å². The number of nitrogens with two attached hydrogens (primary N) is 2. The van der Waals surface area contributed by atoms with E-state index in [1.54, 1.807) is 13.3 Å². The van der Waals surface area contributed by atoms with Gasteiger partial charge in [0.1, 0.15) is 11.6 Å². The largest absolute Gasteiger partial charge is 0.496 e. The standard InChI is InChI=1S/C15H26N4O2S/c1-6-7-19(17)9-14(16)18-21-22-15-10(2)8-13(20-5)11(3)12(15)4/h8-9,18H,6-7,16-17H2,1-5H3/b14-9+. The van der Waals surface area contributed by atoms with Gasteiger partial charge in [0.2, 0.25) is 0 Å². The maximum atomic E-state index is 5.79. The number of methoxy groups -OCH3 is 1. The van der Waals surface area contributed by atoms with Crippen molar-refractivity contribution >= 4 is 12.0 Å². The lowest BCUT2D eigenvalue weighted by molar-refractivity contribution is 0.267. The van der Waals surface area contributed by atoms with E-state index < -0.39 is 0 Å². The van der Waals surface area contributed by atoms with Gasteiger partial charge in [0.25, 0.3) is 0 Å². The van der Waals surface area contributed by atoms with Crippen LogP contribution in [0.1, 0.15) is 30.0 Å². The minimum Gasteiger partial charge on any atom is -0.496 e. The molecule has 0 aliphatic heterocycles. The number of hydrazine groups is 1. The van der Waals surface area contributed by atoms with E-state index in [0.29, 0.717) is 5.82 Å². The molecule has 1 rings (SSSR count). The lowest BCUT2D eigenvalue weighted by Gasteiger charge is -2.16. The van der Waals surface area contributed by atoms with Gasteiger partial charge in [-0.1, -0.05) is 6.92 Å². The zero-order chi connectivity index (χ0) is 16.7. The summed E-state index contributed by atoms with van der Waals surface area (Å²) in [7, 11) is 1.67. The number of aryl methyl sites for hydroxylation is 1. The summed E-state index contributed by atoms with van der Waals surface area (Å²) in [4.78, 5) is 1.04. The summed E-state index contributed by atoms with van der Waals surface area (Å²) in [6, 6.07) is 2.00. The second kappa shape index (κ2) is 8.77. The number of hydroxylamine groups is 1. The van der Waals surface area contributed by atoms with Crippen molar-refractivity contribution in [1.82, 2.24) is 10.5 Å². The molecule has 22 heavy (non-hydrogen) atoms. The molecular weight excluding hydrogens is 300 g/mol. The minimum atomic E-state index is 0.351.